The van der Waals surface area contributed by atoms with Gasteiger partial charge in [-0.3, -0.25) is 0 Å². The van der Waals surface area contributed by atoms with Gasteiger partial charge >= 0.3 is 0 Å². The number of hydrogen-bond donors (Lipinski definition) is 1. The lowest BCUT2D eigenvalue weighted by molar-refractivity contribution is 0.230. The molecule has 0 saturated carbocycles. The van der Waals surface area contributed by atoms with E-state index in [1.807, 2.05) is 18.2 Å². The van der Waals surface area contributed by atoms with Crippen molar-refractivity contribution in [3.8, 4) is 10.4 Å². The Morgan fingerprint density at radius 1 is 1.18 bits per heavy atom. The molecule has 4 rings (SSSR count). The Labute approximate surface area is 169 Å². The summed E-state index contributed by atoms with van der Waals surface area (Å²) < 4.78 is 22.7. The number of rotatable bonds is 6. The van der Waals surface area contributed by atoms with Gasteiger partial charge in [-0.05, 0) is 24.5 Å². The number of benzene rings is 1. The van der Waals surface area contributed by atoms with Crippen molar-refractivity contribution < 1.29 is 8.42 Å². The third kappa shape index (κ3) is 4.68. The summed E-state index contributed by atoms with van der Waals surface area (Å²) in [6, 6.07) is 12.8. The van der Waals surface area contributed by atoms with E-state index in [1.54, 1.807) is 17.7 Å². The van der Waals surface area contributed by atoms with Gasteiger partial charge < -0.3 is 10.2 Å². The maximum absolute atomic E-state index is 11.4. The monoisotopic (exact) mass is 416 g/mol. The van der Waals surface area contributed by atoms with Gasteiger partial charge in [-0.1, -0.05) is 30.3 Å². The van der Waals surface area contributed by atoms with E-state index in [4.69, 9.17) is 0 Å². The maximum atomic E-state index is 11.4. The lowest BCUT2D eigenvalue weighted by atomic mass is 10.0. The first kappa shape index (κ1) is 19.3. The van der Waals surface area contributed by atoms with Crippen LogP contribution in [0.1, 0.15) is 12.8 Å². The summed E-state index contributed by atoms with van der Waals surface area (Å²) in [5, 5.41) is 4.65. The fraction of sp³-hybridized carbons (Fsp3) is 0.400. The van der Waals surface area contributed by atoms with E-state index in [2.05, 4.69) is 38.4 Å². The highest BCUT2D eigenvalue weighted by Crippen LogP contribution is 2.35. The van der Waals surface area contributed by atoms with E-state index in [1.165, 1.54) is 16.7 Å². The van der Waals surface area contributed by atoms with Crippen LogP contribution in [0.3, 0.4) is 0 Å². The van der Waals surface area contributed by atoms with Crippen LogP contribution in [-0.4, -0.2) is 61.0 Å². The molecule has 0 spiro atoms. The molecule has 2 aromatic heterocycles. The van der Waals surface area contributed by atoms with E-state index in [-0.39, 0.29) is 5.75 Å². The number of hydrogen-bond acceptors (Lipinski definition) is 7. The van der Waals surface area contributed by atoms with Gasteiger partial charge in [0, 0.05) is 36.8 Å². The minimum Gasteiger partial charge on any atom is -0.367 e. The Hall–Kier alpha value is -2.03. The second-order valence-electron chi connectivity index (χ2n) is 7.31. The van der Waals surface area contributed by atoms with Gasteiger partial charge in [-0.25, -0.2) is 18.4 Å². The number of thiophene rings is 1. The van der Waals surface area contributed by atoms with Crippen molar-refractivity contribution in [3.63, 3.8) is 0 Å². The van der Waals surface area contributed by atoms with Crippen molar-refractivity contribution in [2.24, 2.45) is 0 Å². The first-order valence-corrected chi connectivity index (χ1v) is 12.3. The summed E-state index contributed by atoms with van der Waals surface area (Å²) in [4.78, 5) is 13.3. The number of aromatic nitrogens is 2. The van der Waals surface area contributed by atoms with Gasteiger partial charge in [-0.2, -0.15) is 0 Å². The second-order valence-corrected chi connectivity index (χ2v) is 10.6. The average molecular weight is 417 g/mol. The molecule has 0 aliphatic carbocycles. The van der Waals surface area contributed by atoms with Crippen LogP contribution in [0.25, 0.3) is 20.7 Å². The molecule has 0 amide bonds. The lowest BCUT2D eigenvalue weighted by Gasteiger charge is -2.32. The minimum atomic E-state index is -2.90. The summed E-state index contributed by atoms with van der Waals surface area (Å²) in [6.07, 6.45) is 4.87. The zero-order valence-corrected chi connectivity index (χ0v) is 17.5. The molecule has 0 bridgehead atoms. The third-order valence-electron chi connectivity index (χ3n) is 5.09. The van der Waals surface area contributed by atoms with Gasteiger partial charge in [-0.15, -0.1) is 11.3 Å². The first-order chi connectivity index (χ1) is 13.5. The standard InChI is InChI=1S/C20H24N4O2S2/c1-28(25,26)12-11-24-9-7-16(8-10-24)23-19-17-13-18(15-5-3-2-4-6-15)27-20(17)22-14-21-19/h2-6,13-14,16H,7-12H2,1H3,(H,21,22,23). The van der Waals surface area contributed by atoms with Crippen LogP contribution >= 0.6 is 11.3 Å². The summed E-state index contributed by atoms with van der Waals surface area (Å²) in [5.74, 6) is 1.12. The fourth-order valence-corrected chi connectivity index (χ4v) is 5.10. The minimum absolute atomic E-state index is 0.231. The van der Waals surface area contributed by atoms with E-state index in [0.29, 0.717) is 12.6 Å². The molecule has 0 unspecified atom stereocenters. The predicted molar refractivity (Wildman–Crippen MR) is 116 cm³/mol. The Morgan fingerprint density at radius 3 is 2.64 bits per heavy atom. The zero-order chi connectivity index (χ0) is 19.6. The van der Waals surface area contributed by atoms with Crippen LogP contribution in [0, 0.1) is 0 Å². The van der Waals surface area contributed by atoms with E-state index < -0.39 is 9.84 Å². The molecule has 3 aromatic rings. The van der Waals surface area contributed by atoms with Crippen LogP contribution in [-0.2, 0) is 9.84 Å². The van der Waals surface area contributed by atoms with Crippen LogP contribution in [0.2, 0.25) is 0 Å². The Morgan fingerprint density at radius 2 is 1.93 bits per heavy atom. The van der Waals surface area contributed by atoms with Crippen molar-refractivity contribution in [3.05, 3.63) is 42.7 Å². The molecule has 0 radical (unpaired) electrons. The molecule has 1 aliphatic rings. The summed E-state index contributed by atoms with van der Waals surface area (Å²) >= 11 is 1.68. The van der Waals surface area contributed by atoms with Gasteiger partial charge in [0.1, 0.15) is 26.8 Å². The van der Waals surface area contributed by atoms with Crippen molar-refractivity contribution >= 4 is 37.2 Å². The lowest BCUT2D eigenvalue weighted by Crippen LogP contribution is -2.41. The molecular weight excluding hydrogens is 392 g/mol. The number of piperidine rings is 1. The summed E-state index contributed by atoms with van der Waals surface area (Å²) in [7, 11) is -2.90. The van der Waals surface area contributed by atoms with Gasteiger partial charge in [0.25, 0.3) is 0 Å². The molecule has 1 aliphatic heterocycles. The van der Waals surface area contributed by atoms with Crippen molar-refractivity contribution in [2.75, 3.05) is 37.0 Å². The number of anilines is 1. The highest BCUT2D eigenvalue weighted by atomic mass is 32.2. The molecule has 8 heteroatoms. The molecule has 1 aromatic carbocycles. The highest BCUT2D eigenvalue weighted by molar-refractivity contribution is 7.90. The van der Waals surface area contributed by atoms with Gasteiger partial charge in [0.15, 0.2) is 0 Å². The molecule has 1 N–H and O–H groups in total. The van der Waals surface area contributed by atoms with E-state index >= 15 is 0 Å². The van der Waals surface area contributed by atoms with Crippen molar-refractivity contribution in [1.82, 2.24) is 14.9 Å². The van der Waals surface area contributed by atoms with E-state index in [9.17, 15) is 8.42 Å². The molecule has 3 heterocycles. The van der Waals surface area contributed by atoms with Crippen LogP contribution < -0.4 is 5.32 Å². The number of fused-ring (bicyclic) bond motifs is 1. The molecule has 28 heavy (non-hydrogen) atoms. The van der Waals surface area contributed by atoms with Crippen molar-refractivity contribution in [2.45, 2.75) is 18.9 Å². The Balaban J connectivity index is 1.43. The predicted octanol–water partition coefficient (Wildman–Crippen LogP) is 3.28. The van der Waals surface area contributed by atoms with Crippen LogP contribution in [0.15, 0.2) is 42.7 Å². The van der Waals surface area contributed by atoms with Gasteiger partial charge in [0.05, 0.1) is 11.1 Å². The maximum Gasteiger partial charge on any atom is 0.148 e. The number of nitrogens with zero attached hydrogens (tertiary/aromatic N) is 3. The van der Waals surface area contributed by atoms with E-state index in [0.717, 1.165) is 42.0 Å². The zero-order valence-electron chi connectivity index (χ0n) is 15.8. The fourth-order valence-electron chi connectivity index (χ4n) is 3.50. The topological polar surface area (TPSA) is 75.2 Å². The molecular formula is C20H24N4O2S2. The van der Waals surface area contributed by atoms with Crippen LogP contribution in [0.4, 0.5) is 5.82 Å². The van der Waals surface area contributed by atoms with Gasteiger partial charge in [0.2, 0.25) is 0 Å². The Kier molecular flexibility index (Phi) is 5.61. The summed E-state index contributed by atoms with van der Waals surface area (Å²) in [5.41, 5.74) is 1.19. The first-order valence-electron chi connectivity index (χ1n) is 9.44. The number of sulfone groups is 1. The largest absolute Gasteiger partial charge is 0.367 e. The highest BCUT2D eigenvalue weighted by Gasteiger charge is 2.21. The molecule has 1 saturated heterocycles. The average Bonchev–Trinajstić information content (AvgIpc) is 3.13. The summed E-state index contributed by atoms with van der Waals surface area (Å²) in [6.45, 7) is 2.43. The molecule has 0 atom stereocenters. The second kappa shape index (κ2) is 8.14. The normalized spacial score (nSPS) is 16.5. The smallest absolute Gasteiger partial charge is 0.148 e. The number of nitrogens with one attached hydrogen (secondary N) is 1. The molecule has 6 nitrogen and oxygen atoms in total. The molecule has 148 valence electrons. The Bertz CT molecular complexity index is 1040. The SMILES string of the molecule is CS(=O)(=O)CCN1CCC(Nc2ncnc3sc(-c4ccccc4)cc23)CC1. The third-order valence-corrected chi connectivity index (χ3v) is 7.11. The quantitative estimate of drug-likeness (QED) is 0.665. The molecule has 1 fully saturated rings. The number of likely N-dealkylation sites (tertiary alicyclic amines) is 1. The van der Waals surface area contributed by atoms with Crippen LogP contribution in [0.5, 0.6) is 0 Å². The van der Waals surface area contributed by atoms with Crippen molar-refractivity contribution in [1.29, 1.82) is 0 Å².